The molecule has 3 aromatic carbocycles. The maximum atomic E-state index is 13.8. The Balaban J connectivity index is 1.42. The SMILES string of the molecule is COc1ccc(S(=O)(=O)N(Cc2nn[nH]n2)Cc2ccccc2CS(=O)(=O)Nc2ccc(OC)cc2Cc2nn[nH]n2)cc1. The molecule has 0 aliphatic carbocycles. The van der Waals surface area contributed by atoms with E-state index in [-0.39, 0.29) is 30.2 Å². The highest BCUT2D eigenvalue weighted by Gasteiger charge is 2.28. The van der Waals surface area contributed by atoms with Crippen LogP contribution in [0.2, 0.25) is 0 Å². The van der Waals surface area contributed by atoms with E-state index in [4.69, 9.17) is 9.47 Å². The first-order valence-corrected chi connectivity index (χ1v) is 16.1. The van der Waals surface area contributed by atoms with Gasteiger partial charge in [-0.2, -0.15) is 14.7 Å². The van der Waals surface area contributed by atoms with Crippen molar-refractivity contribution in [3.8, 4) is 11.5 Å². The molecule has 2 aromatic heterocycles. The van der Waals surface area contributed by atoms with Crippen LogP contribution in [-0.4, -0.2) is 76.6 Å². The summed E-state index contributed by atoms with van der Waals surface area (Å²) in [6.45, 7) is -0.379. The quantitative estimate of drug-likeness (QED) is 0.158. The Bertz CT molecular complexity index is 1900. The van der Waals surface area contributed by atoms with Gasteiger partial charge in [-0.3, -0.25) is 4.72 Å². The number of hydrogen-bond donors (Lipinski definition) is 3. The van der Waals surface area contributed by atoms with Crippen molar-refractivity contribution < 1.29 is 26.3 Å². The molecule has 230 valence electrons. The van der Waals surface area contributed by atoms with Crippen molar-refractivity contribution in [3.63, 3.8) is 0 Å². The molecule has 16 nitrogen and oxygen atoms in total. The zero-order chi connectivity index (χ0) is 31.2. The summed E-state index contributed by atoms with van der Waals surface area (Å²) in [6, 6.07) is 17.5. The number of sulfonamides is 2. The lowest BCUT2D eigenvalue weighted by Gasteiger charge is -2.22. The highest BCUT2D eigenvalue weighted by atomic mass is 32.2. The zero-order valence-electron chi connectivity index (χ0n) is 23.6. The molecule has 0 bridgehead atoms. The van der Waals surface area contributed by atoms with Gasteiger partial charge in [0, 0.05) is 13.0 Å². The van der Waals surface area contributed by atoms with E-state index >= 15 is 0 Å². The second-order valence-electron chi connectivity index (χ2n) is 9.43. The van der Waals surface area contributed by atoms with E-state index in [1.165, 1.54) is 38.5 Å². The fraction of sp³-hybridized carbons (Fsp3) is 0.231. The molecular formula is C26H28N10O6S2. The molecule has 0 saturated heterocycles. The molecule has 2 heterocycles. The lowest BCUT2D eigenvalue weighted by molar-refractivity contribution is 0.391. The van der Waals surface area contributed by atoms with Gasteiger partial charge in [-0.15, -0.1) is 20.4 Å². The van der Waals surface area contributed by atoms with Gasteiger partial charge in [0.1, 0.15) is 11.5 Å². The average Bonchev–Trinajstić information content (AvgIpc) is 3.73. The number of tetrazole rings is 2. The number of anilines is 1. The first kappa shape index (κ1) is 30.5. The smallest absolute Gasteiger partial charge is 0.243 e. The van der Waals surface area contributed by atoms with Crippen LogP contribution < -0.4 is 14.2 Å². The summed E-state index contributed by atoms with van der Waals surface area (Å²) >= 11 is 0. The summed E-state index contributed by atoms with van der Waals surface area (Å²) < 4.78 is 68.7. The van der Waals surface area contributed by atoms with Gasteiger partial charge in [0.15, 0.2) is 11.6 Å². The van der Waals surface area contributed by atoms with E-state index in [2.05, 4.69) is 46.0 Å². The van der Waals surface area contributed by atoms with Crippen molar-refractivity contribution in [2.75, 3.05) is 18.9 Å². The topological polar surface area (TPSA) is 211 Å². The summed E-state index contributed by atoms with van der Waals surface area (Å²) in [5.74, 6) is 1.09. The van der Waals surface area contributed by atoms with Crippen LogP contribution in [0.5, 0.6) is 11.5 Å². The summed E-state index contributed by atoms with van der Waals surface area (Å²) in [6.07, 6.45) is 0.191. The maximum Gasteiger partial charge on any atom is 0.243 e. The fourth-order valence-corrected chi connectivity index (χ4v) is 7.02. The number of rotatable bonds is 14. The fourth-order valence-electron chi connectivity index (χ4n) is 4.35. The number of benzene rings is 3. The molecule has 0 aliphatic rings. The van der Waals surface area contributed by atoms with Crippen LogP contribution in [0.1, 0.15) is 28.3 Å². The predicted octanol–water partition coefficient (Wildman–Crippen LogP) is 1.65. The van der Waals surface area contributed by atoms with Crippen molar-refractivity contribution >= 4 is 25.7 Å². The number of H-pyrrole nitrogens is 2. The summed E-state index contributed by atoms with van der Waals surface area (Å²) in [7, 11) is -5.09. The van der Waals surface area contributed by atoms with Gasteiger partial charge in [-0.05, 0) is 59.2 Å². The lowest BCUT2D eigenvalue weighted by Crippen LogP contribution is -2.31. The summed E-state index contributed by atoms with van der Waals surface area (Å²) in [4.78, 5) is 0.0159. The maximum absolute atomic E-state index is 13.8. The Labute approximate surface area is 252 Å². The molecule has 0 amide bonds. The van der Waals surface area contributed by atoms with Gasteiger partial charge in [-0.1, -0.05) is 34.7 Å². The third-order valence-corrected chi connectivity index (χ3v) is 9.56. The van der Waals surface area contributed by atoms with Gasteiger partial charge in [0.25, 0.3) is 0 Å². The van der Waals surface area contributed by atoms with Crippen LogP contribution in [0.4, 0.5) is 5.69 Å². The Morgan fingerprint density at radius 1 is 0.750 bits per heavy atom. The number of aromatic nitrogens is 8. The molecule has 3 N–H and O–H groups in total. The molecular weight excluding hydrogens is 612 g/mol. The van der Waals surface area contributed by atoms with Gasteiger partial charge >= 0.3 is 0 Å². The highest BCUT2D eigenvalue weighted by molar-refractivity contribution is 7.92. The Hall–Kier alpha value is -4.94. The summed E-state index contributed by atoms with van der Waals surface area (Å²) in [5.41, 5.74) is 1.75. The molecule has 44 heavy (non-hydrogen) atoms. The van der Waals surface area contributed by atoms with E-state index in [0.717, 1.165) is 4.31 Å². The van der Waals surface area contributed by atoms with Crippen molar-refractivity contribution in [1.29, 1.82) is 0 Å². The second-order valence-corrected chi connectivity index (χ2v) is 13.1. The average molecular weight is 641 g/mol. The normalized spacial score (nSPS) is 11.9. The number of aromatic amines is 2. The third-order valence-electron chi connectivity index (χ3n) is 6.53. The predicted molar refractivity (Wildman–Crippen MR) is 156 cm³/mol. The molecule has 5 aromatic rings. The first-order valence-electron chi connectivity index (χ1n) is 13.0. The van der Waals surface area contributed by atoms with Crippen LogP contribution in [0.3, 0.4) is 0 Å². The van der Waals surface area contributed by atoms with Crippen LogP contribution >= 0.6 is 0 Å². The van der Waals surface area contributed by atoms with Gasteiger partial charge in [-0.25, -0.2) is 16.8 Å². The zero-order valence-corrected chi connectivity index (χ0v) is 25.2. The second kappa shape index (κ2) is 13.1. The van der Waals surface area contributed by atoms with Gasteiger partial charge < -0.3 is 9.47 Å². The minimum Gasteiger partial charge on any atom is -0.497 e. The van der Waals surface area contributed by atoms with Crippen LogP contribution in [0.15, 0.2) is 71.6 Å². The highest BCUT2D eigenvalue weighted by Crippen LogP contribution is 2.27. The van der Waals surface area contributed by atoms with E-state index in [9.17, 15) is 16.8 Å². The number of nitrogens with zero attached hydrogens (tertiary/aromatic N) is 7. The van der Waals surface area contributed by atoms with Crippen molar-refractivity contribution in [2.24, 2.45) is 0 Å². The molecule has 18 heteroatoms. The Morgan fingerprint density at radius 3 is 2.02 bits per heavy atom. The van der Waals surface area contributed by atoms with Crippen molar-refractivity contribution in [1.82, 2.24) is 45.6 Å². The van der Waals surface area contributed by atoms with E-state index in [0.29, 0.717) is 39.7 Å². The van der Waals surface area contributed by atoms with E-state index in [1.54, 1.807) is 42.5 Å². The van der Waals surface area contributed by atoms with Gasteiger partial charge in [0.2, 0.25) is 20.0 Å². The van der Waals surface area contributed by atoms with Crippen LogP contribution in [0.25, 0.3) is 0 Å². The summed E-state index contributed by atoms with van der Waals surface area (Å²) in [5, 5.41) is 27.5. The monoisotopic (exact) mass is 640 g/mol. The number of ether oxygens (including phenoxy) is 2. The minimum absolute atomic E-state index is 0.0159. The van der Waals surface area contributed by atoms with E-state index < -0.39 is 25.8 Å². The third kappa shape index (κ3) is 7.33. The number of methoxy groups -OCH3 is 2. The Kier molecular flexibility index (Phi) is 9.12. The lowest BCUT2D eigenvalue weighted by atomic mass is 10.1. The largest absolute Gasteiger partial charge is 0.497 e. The Morgan fingerprint density at radius 2 is 1.39 bits per heavy atom. The van der Waals surface area contributed by atoms with Gasteiger partial charge in [0.05, 0.1) is 37.1 Å². The molecule has 0 saturated carbocycles. The molecule has 0 spiro atoms. The minimum atomic E-state index is -4.09. The van der Waals surface area contributed by atoms with Crippen LogP contribution in [0, 0.1) is 0 Å². The molecule has 0 fully saturated rings. The number of hydrogen-bond acceptors (Lipinski definition) is 12. The van der Waals surface area contributed by atoms with Crippen LogP contribution in [-0.2, 0) is 45.3 Å². The molecule has 0 atom stereocenters. The molecule has 5 rings (SSSR count). The molecule has 0 aliphatic heterocycles. The molecule has 0 radical (unpaired) electrons. The van der Waals surface area contributed by atoms with Crippen molar-refractivity contribution in [2.45, 2.75) is 30.2 Å². The van der Waals surface area contributed by atoms with E-state index in [1.807, 2.05) is 0 Å². The number of nitrogens with one attached hydrogen (secondary N) is 3. The molecule has 0 unspecified atom stereocenters. The van der Waals surface area contributed by atoms with Crippen molar-refractivity contribution in [3.05, 3.63) is 95.1 Å². The first-order chi connectivity index (χ1) is 21.2. The standard InChI is InChI=1S/C26H28N10O6S2/c1-41-21-7-10-23(11-8-21)44(39,40)36(16-26-29-34-35-30-26)15-18-5-3-4-6-19(18)17-43(37,38)31-24-12-9-22(42-2)13-20(24)14-25-27-32-33-28-25/h3-13,31H,14-17H2,1-2H3,(H,27,28,32,33)(H,29,30,34,35).